The van der Waals surface area contributed by atoms with E-state index in [1.165, 1.54) is 17.6 Å². The Morgan fingerprint density at radius 3 is 2.95 bits per heavy atom. The van der Waals surface area contributed by atoms with E-state index < -0.39 is 0 Å². The molecule has 6 heteroatoms. The van der Waals surface area contributed by atoms with Crippen molar-refractivity contribution in [3.8, 4) is 0 Å². The largest absolute Gasteiger partial charge is 0.469 e. The first kappa shape index (κ1) is 16.4. The van der Waals surface area contributed by atoms with Crippen LogP contribution in [0.5, 0.6) is 0 Å². The van der Waals surface area contributed by atoms with Gasteiger partial charge in [-0.1, -0.05) is 6.42 Å². The van der Waals surface area contributed by atoms with Gasteiger partial charge in [0.05, 0.1) is 12.0 Å². The van der Waals surface area contributed by atoms with Crippen LogP contribution in [0.3, 0.4) is 0 Å². The van der Waals surface area contributed by atoms with Crippen molar-refractivity contribution in [1.29, 1.82) is 0 Å². The average molecular weight is 327 g/mol. The van der Waals surface area contributed by atoms with Crippen molar-refractivity contribution in [1.82, 2.24) is 5.32 Å². The molecule has 0 unspecified atom stereocenters. The molecule has 0 saturated heterocycles. The molecule has 1 amide bonds. The smallest absolute Gasteiger partial charge is 0.305 e. The second-order valence-corrected chi connectivity index (χ2v) is 7.25. The van der Waals surface area contributed by atoms with Crippen LogP contribution in [0.15, 0.2) is 6.07 Å². The van der Waals surface area contributed by atoms with Crippen molar-refractivity contribution in [3.63, 3.8) is 0 Å². The van der Waals surface area contributed by atoms with Gasteiger partial charge < -0.3 is 10.1 Å². The quantitative estimate of drug-likeness (QED) is 0.618. The van der Waals surface area contributed by atoms with Crippen molar-refractivity contribution < 1.29 is 14.3 Å². The van der Waals surface area contributed by atoms with Crippen molar-refractivity contribution in [2.75, 3.05) is 19.4 Å². The number of amides is 1. The Labute approximate surface area is 133 Å². The number of carbonyl (C=O) groups is 2. The topological polar surface area (TPSA) is 55.4 Å². The fourth-order valence-corrected chi connectivity index (χ4v) is 4.51. The number of carbonyl (C=O) groups excluding carboxylic acids is 2. The lowest BCUT2D eigenvalue weighted by Crippen LogP contribution is -2.23. The summed E-state index contributed by atoms with van der Waals surface area (Å²) in [5.74, 6) is 2.06. The van der Waals surface area contributed by atoms with E-state index >= 15 is 0 Å². The van der Waals surface area contributed by atoms with Gasteiger partial charge in [0.25, 0.3) is 5.91 Å². The average Bonchev–Trinajstić information content (AvgIpc) is 2.94. The third kappa shape index (κ3) is 5.04. The number of hydrogen-bond donors (Lipinski definition) is 1. The molecule has 0 spiro atoms. The number of fused-ring (bicyclic) bond motifs is 1. The minimum Gasteiger partial charge on any atom is -0.469 e. The highest BCUT2D eigenvalue weighted by molar-refractivity contribution is 7.98. The number of aryl methyl sites for hydroxylation is 1. The molecular weight excluding hydrogens is 306 g/mol. The maximum atomic E-state index is 12.1. The van der Waals surface area contributed by atoms with Gasteiger partial charge in [-0.25, -0.2) is 0 Å². The molecule has 2 heterocycles. The minimum absolute atomic E-state index is 0.0346. The van der Waals surface area contributed by atoms with Crippen LogP contribution in [0.1, 0.15) is 45.8 Å². The molecular formula is C15H21NO3S2. The summed E-state index contributed by atoms with van der Waals surface area (Å²) in [6.45, 7) is 0.664. The lowest BCUT2D eigenvalue weighted by atomic mass is 10.2. The zero-order chi connectivity index (χ0) is 15.1. The zero-order valence-corrected chi connectivity index (χ0v) is 13.9. The van der Waals surface area contributed by atoms with Crippen molar-refractivity contribution in [2.45, 2.75) is 37.9 Å². The van der Waals surface area contributed by atoms with Crippen LogP contribution in [0.2, 0.25) is 0 Å². The van der Waals surface area contributed by atoms with E-state index in [0.29, 0.717) is 13.0 Å². The van der Waals surface area contributed by atoms with Crippen LogP contribution in [-0.2, 0) is 21.7 Å². The first-order chi connectivity index (χ1) is 10.2. The van der Waals surface area contributed by atoms with Crippen molar-refractivity contribution >= 4 is 35.0 Å². The Morgan fingerprint density at radius 2 is 2.19 bits per heavy atom. The molecule has 116 valence electrons. The summed E-state index contributed by atoms with van der Waals surface area (Å²) in [6.07, 6.45) is 4.18. The Morgan fingerprint density at radius 1 is 1.33 bits per heavy atom. The molecule has 0 radical (unpaired) electrons. The fourth-order valence-electron chi connectivity index (χ4n) is 2.22. The molecule has 0 saturated carbocycles. The number of methoxy groups -OCH3 is 1. The number of thioether (sulfide) groups is 1. The summed E-state index contributed by atoms with van der Waals surface area (Å²) in [5, 5.41) is 2.96. The molecule has 4 nitrogen and oxygen atoms in total. The van der Waals surface area contributed by atoms with Crippen LogP contribution >= 0.6 is 23.1 Å². The van der Waals surface area contributed by atoms with Gasteiger partial charge in [-0.05, 0) is 36.6 Å². The molecule has 1 aliphatic rings. The number of thiophene rings is 1. The van der Waals surface area contributed by atoms with E-state index in [-0.39, 0.29) is 11.9 Å². The highest BCUT2D eigenvalue weighted by atomic mass is 32.2. The third-order valence-electron chi connectivity index (χ3n) is 3.42. The minimum atomic E-state index is -0.166. The molecule has 1 aliphatic heterocycles. The number of rotatable bonds is 7. The number of nitrogens with one attached hydrogen (secondary N) is 1. The van der Waals surface area contributed by atoms with E-state index in [4.69, 9.17) is 0 Å². The third-order valence-corrected chi connectivity index (χ3v) is 5.67. The second-order valence-electron chi connectivity index (χ2n) is 5.00. The predicted molar refractivity (Wildman–Crippen MR) is 87.0 cm³/mol. The van der Waals surface area contributed by atoms with Crippen LogP contribution in [0.25, 0.3) is 0 Å². The number of ether oxygens (including phenoxy) is 1. The van der Waals surface area contributed by atoms with Crippen LogP contribution in [0, 0.1) is 0 Å². The summed E-state index contributed by atoms with van der Waals surface area (Å²) in [7, 11) is 1.40. The summed E-state index contributed by atoms with van der Waals surface area (Å²) < 4.78 is 4.58. The summed E-state index contributed by atoms with van der Waals surface area (Å²) >= 11 is 3.56. The van der Waals surface area contributed by atoms with E-state index in [9.17, 15) is 9.59 Å². The standard InChI is InChI=1S/C15H21NO3S2/c1-19-14(17)5-3-2-4-7-16-15(18)13-9-11-10-20-8-6-12(11)21-13/h9H,2-8,10H2,1H3,(H,16,18). The number of unbranched alkanes of at least 4 members (excludes halogenated alkanes) is 2. The van der Waals surface area contributed by atoms with Gasteiger partial charge in [-0.2, -0.15) is 11.8 Å². The predicted octanol–water partition coefficient (Wildman–Crippen LogP) is 3.00. The second kappa shape index (κ2) is 8.44. The summed E-state index contributed by atoms with van der Waals surface area (Å²) in [5.41, 5.74) is 1.33. The highest BCUT2D eigenvalue weighted by Gasteiger charge is 2.17. The first-order valence-electron chi connectivity index (χ1n) is 7.25. The first-order valence-corrected chi connectivity index (χ1v) is 9.22. The molecule has 0 fully saturated rings. The van der Waals surface area contributed by atoms with Crippen LogP contribution in [-0.4, -0.2) is 31.3 Å². The van der Waals surface area contributed by atoms with Gasteiger partial charge in [0, 0.05) is 23.6 Å². The zero-order valence-electron chi connectivity index (χ0n) is 12.3. The SMILES string of the molecule is COC(=O)CCCCCNC(=O)c1cc2c(s1)CCSC2. The van der Waals surface area contributed by atoms with Crippen LogP contribution < -0.4 is 5.32 Å². The normalized spacial score (nSPS) is 13.6. The Kier molecular flexibility index (Phi) is 6.57. The van der Waals surface area contributed by atoms with Gasteiger partial charge in [0.1, 0.15) is 0 Å². The molecule has 21 heavy (non-hydrogen) atoms. The van der Waals surface area contributed by atoms with Gasteiger partial charge in [-0.3, -0.25) is 9.59 Å². The number of hydrogen-bond acceptors (Lipinski definition) is 5. The van der Waals surface area contributed by atoms with Gasteiger partial charge in [0.2, 0.25) is 0 Å². The van der Waals surface area contributed by atoms with Crippen molar-refractivity contribution in [2.24, 2.45) is 0 Å². The van der Waals surface area contributed by atoms with Gasteiger partial charge in [0.15, 0.2) is 0 Å². The number of esters is 1. The molecule has 1 aromatic heterocycles. The fraction of sp³-hybridized carbons (Fsp3) is 0.600. The molecule has 1 aromatic rings. The van der Waals surface area contributed by atoms with Gasteiger partial charge in [-0.15, -0.1) is 11.3 Å². The summed E-state index contributed by atoms with van der Waals surface area (Å²) in [4.78, 5) is 25.2. The maximum absolute atomic E-state index is 12.1. The Balaban J connectivity index is 1.65. The van der Waals surface area contributed by atoms with E-state index in [0.717, 1.165) is 42.1 Å². The Hall–Kier alpha value is -1.01. The van der Waals surface area contributed by atoms with E-state index in [2.05, 4.69) is 10.1 Å². The lowest BCUT2D eigenvalue weighted by molar-refractivity contribution is -0.140. The molecule has 0 atom stereocenters. The Bertz CT molecular complexity index is 476. The van der Waals surface area contributed by atoms with Gasteiger partial charge >= 0.3 is 5.97 Å². The maximum Gasteiger partial charge on any atom is 0.305 e. The molecule has 1 N–H and O–H groups in total. The van der Waals surface area contributed by atoms with Crippen molar-refractivity contribution in [3.05, 3.63) is 21.4 Å². The lowest BCUT2D eigenvalue weighted by Gasteiger charge is -2.08. The monoisotopic (exact) mass is 327 g/mol. The van der Waals surface area contributed by atoms with E-state index in [1.807, 2.05) is 17.8 Å². The molecule has 0 aliphatic carbocycles. The molecule has 0 bridgehead atoms. The van der Waals surface area contributed by atoms with Crippen LogP contribution in [0.4, 0.5) is 0 Å². The summed E-state index contributed by atoms with van der Waals surface area (Å²) in [6, 6.07) is 2.04. The molecule has 0 aromatic carbocycles. The highest BCUT2D eigenvalue weighted by Crippen LogP contribution is 2.31. The molecule has 2 rings (SSSR count). The van der Waals surface area contributed by atoms with E-state index in [1.54, 1.807) is 11.3 Å².